The lowest BCUT2D eigenvalue weighted by atomic mass is 10.1. The van der Waals surface area contributed by atoms with E-state index in [9.17, 15) is 4.39 Å². The van der Waals surface area contributed by atoms with E-state index in [-0.39, 0.29) is 9.85 Å². The highest BCUT2D eigenvalue weighted by Crippen LogP contribution is 2.29. The molecule has 0 N–H and O–H groups in total. The van der Waals surface area contributed by atoms with Crippen molar-refractivity contribution < 1.29 is 4.39 Å². The fraction of sp³-hybridized carbons (Fsp3) is 0.154. The first kappa shape index (κ1) is 12.5. The molecule has 17 heavy (non-hydrogen) atoms. The van der Waals surface area contributed by atoms with Crippen LogP contribution in [-0.2, 0) is 6.42 Å². The van der Waals surface area contributed by atoms with Gasteiger partial charge in [-0.05, 0) is 29.8 Å². The summed E-state index contributed by atoms with van der Waals surface area (Å²) in [5.74, 6) is -0.395. The Bertz CT molecular complexity index is 504. The van der Waals surface area contributed by atoms with E-state index in [2.05, 4.69) is 20.9 Å². The average molecular weight is 315 g/mol. The molecule has 1 atom stereocenters. The van der Waals surface area contributed by atoms with E-state index < -0.39 is 5.82 Å². The zero-order chi connectivity index (χ0) is 12.3. The predicted octanol–water partition coefficient (Wildman–Crippen LogP) is 4.55. The quantitative estimate of drug-likeness (QED) is 0.757. The molecule has 1 heterocycles. The van der Waals surface area contributed by atoms with Crippen LogP contribution in [0.1, 0.15) is 16.1 Å². The fourth-order valence-corrected chi connectivity index (χ4v) is 2.33. The second kappa shape index (κ2) is 5.61. The standard InChI is InChI=1S/C13H10BrClFN/c14-11(8-10-3-1-2-6-17-10)9-4-5-13(16)12(15)7-9/h1-7,11H,8H2. The first-order valence-corrected chi connectivity index (χ1v) is 6.45. The van der Waals surface area contributed by atoms with Crippen molar-refractivity contribution in [1.29, 1.82) is 0 Å². The largest absolute Gasteiger partial charge is 0.261 e. The van der Waals surface area contributed by atoms with Crippen molar-refractivity contribution in [2.75, 3.05) is 0 Å². The maximum atomic E-state index is 13.0. The lowest BCUT2D eigenvalue weighted by Crippen LogP contribution is -1.97. The molecule has 0 saturated heterocycles. The molecule has 0 aliphatic carbocycles. The van der Waals surface area contributed by atoms with E-state index in [4.69, 9.17) is 11.6 Å². The van der Waals surface area contributed by atoms with Gasteiger partial charge in [-0.3, -0.25) is 4.98 Å². The molecule has 0 fully saturated rings. The summed E-state index contributed by atoms with van der Waals surface area (Å²) in [6.07, 6.45) is 2.50. The van der Waals surface area contributed by atoms with Crippen molar-refractivity contribution in [3.05, 3.63) is 64.7 Å². The zero-order valence-corrected chi connectivity index (χ0v) is 11.2. The maximum absolute atomic E-state index is 13.0. The van der Waals surface area contributed by atoms with Crippen molar-refractivity contribution in [3.63, 3.8) is 0 Å². The predicted molar refractivity (Wildman–Crippen MR) is 71.0 cm³/mol. The lowest BCUT2D eigenvalue weighted by Gasteiger charge is -2.10. The Labute approximate surface area is 113 Å². The number of halogens is 3. The summed E-state index contributed by atoms with van der Waals surface area (Å²) in [7, 11) is 0. The van der Waals surface area contributed by atoms with E-state index in [1.165, 1.54) is 6.07 Å². The molecule has 2 rings (SSSR count). The molecule has 1 nitrogen and oxygen atoms in total. The van der Waals surface area contributed by atoms with Crippen LogP contribution in [0.3, 0.4) is 0 Å². The van der Waals surface area contributed by atoms with Crippen molar-refractivity contribution in [1.82, 2.24) is 4.98 Å². The highest BCUT2D eigenvalue weighted by Gasteiger charge is 2.11. The number of rotatable bonds is 3. The van der Waals surface area contributed by atoms with Crippen LogP contribution in [0.25, 0.3) is 0 Å². The van der Waals surface area contributed by atoms with Gasteiger partial charge in [-0.15, -0.1) is 0 Å². The Morgan fingerprint density at radius 1 is 1.29 bits per heavy atom. The van der Waals surface area contributed by atoms with E-state index in [1.807, 2.05) is 18.2 Å². The Morgan fingerprint density at radius 3 is 2.76 bits per heavy atom. The molecule has 4 heteroatoms. The van der Waals surface area contributed by atoms with Crippen LogP contribution < -0.4 is 0 Å². The summed E-state index contributed by atoms with van der Waals surface area (Å²) in [5.41, 5.74) is 1.93. The Kier molecular flexibility index (Phi) is 4.13. The van der Waals surface area contributed by atoms with Crippen molar-refractivity contribution in [2.45, 2.75) is 11.2 Å². The SMILES string of the molecule is Fc1ccc(C(Br)Cc2ccccn2)cc1Cl. The van der Waals surface area contributed by atoms with Crippen LogP contribution >= 0.6 is 27.5 Å². The highest BCUT2D eigenvalue weighted by atomic mass is 79.9. The Morgan fingerprint density at radius 2 is 2.12 bits per heavy atom. The maximum Gasteiger partial charge on any atom is 0.141 e. The summed E-state index contributed by atoms with van der Waals surface area (Å²) in [6, 6.07) is 10.5. The van der Waals surface area contributed by atoms with Gasteiger partial charge in [-0.1, -0.05) is 39.7 Å². The molecule has 1 unspecified atom stereocenters. The first-order chi connectivity index (χ1) is 8.16. The number of aromatic nitrogens is 1. The molecule has 0 amide bonds. The van der Waals surface area contributed by atoms with E-state index in [0.717, 1.165) is 17.7 Å². The third kappa shape index (κ3) is 3.27. The van der Waals surface area contributed by atoms with Gasteiger partial charge >= 0.3 is 0 Å². The normalized spacial score (nSPS) is 12.4. The van der Waals surface area contributed by atoms with Crippen LogP contribution in [0.5, 0.6) is 0 Å². The summed E-state index contributed by atoms with van der Waals surface area (Å²) >= 11 is 9.31. The van der Waals surface area contributed by atoms with Crippen molar-refractivity contribution >= 4 is 27.5 Å². The minimum absolute atomic E-state index is 0.0792. The molecule has 0 aliphatic rings. The van der Waals surface area contributed by atoms with Crippen LogP contribution in [0.4, 0.5) is 4.39 Å². The molecule has 1 aromatic carbocycles. The summed E-state index contributed by atoms with van der Waals surface area (Å²) in [6.45, 7) is 0. The zero-order valence-electron chi connectivity index (χ0n) is 8.91. The minimum atomic E-state index is -0.395. The van der Waals surface area contributed by atoms with Crippen molar-refractivity contribution in [2.24, 2.45) is 0 Å². The second-order valence-electron chi connectivity index (χ2n) is 3.67. The van der Waals surface area contributed by atoms with Gasteiger partial charge < -0.3 is 0 Å². The van der Waals surface area contributed by atoms with Crippen LogP contribution in [0.2, 0.25) is 5.02 Å². The van der Waals surface area contributed by atoms with Gasteiger partial charge in [0.05, 0.1) is 5.02 Å². The molecule has 0 saturated carbocycles. The summed E-state index contributed by atoms with van der Waals surface area (Å²) < 4.78 is 13.0. The molecule has 88 valence electrons. The third-order valence-electron chi connectivity index (χ3n) is 2.42. The molecule has 0 radical (unpaired) electrons. The van der Waals surface area contributed by atoms with E-state index in [1.54, 1.807) is 18.3 Å². The molecule has 0 aliphatic heterocycles. The number of hydrogen-bond donors (Lipinski definition) is 0. The molecule has 0 bridgehead atoms. The molecular weight excluding hydrogens is 305 g/mol. The van der Waals surface area contributed by atoms with Crippen molar-refractivity contribution in [3.8, 4) is 0 Å². The summed E-state index contributed by atoms with van der Waals surface area (Å²) in [4.78, 5) is 4.33. The van der Waals surface area contributed by atoms with Crippen LogP contribution in [0.15, 0.2) is 42.6 Å². The average Bonchev–Trinajstić information content (AvgIpc) is 2.34. The van der Waals surface area contributed by atoms with Gasteiger partial charge in [-0.2, -0.15) is 0 Å². The van der Waals surface area contributed by atoms with Gasteiger partial charge in [0.1, 0.15) is 5.82 Å². The van der Waals surface area contributed by atoms with Crippen LogP contribution in [0, 0.1) is 5.82 Å². The topological polar surface area (TPSA) is 12.9 Å². The fourth-order valence-electron chi connectivity index (χ4n) is 1.53. The minimum Gasteiger partial charge on any atom is -0.261 e. The number of benzene rings is 1. The van der Waals surface area contributed by atoms with E-state index in [0.29, 0.717) is 0 Å². The number of nitrogens with zero attached hydrogens (tertiary/aromatic N) is 1. The first-order valence-electron chi connectivity index (χ1n) is 5.16. The molecule has 2 aromatic rings. The number of pyridine rings is 1. The summed E-state index contributed by atoms with van der Waals surface area (Å²) in [5, 5.41) is 0.146. The molecule has 0 spiro atoms. The Hall–Kier alpha value is -0.930. The smallest absolute Gasteiger partial charge is 0.141 e. The van der Waals surface area contributed by atoms with Gasteiger partial charge in [0.15, 0.2) is 0 Å². The van der Waals surface area contributed by atoms with Gasteiger partial charge in [-0.25, -0.2) is 4.39 Å². The molecular formula is C13H10BrClFN. The van der Waals surface area contributed by atoms with Gasteiger partial charge in [0, 0.05) is 23.1 Å². The monoisotopic (exact) mass is 313 g/mol. The highest BCUT2D eigenvalue weighted by molar-refractivity contribution is 9.09. The molecule has 1 aromatic heterocycles. The number of hydrogen-bond acceptors (Lipinski definition) is 1. The van der Waals surface area contributed by atoms with Gasteiger partial charge in [0.25, 0.3) is 0 Å². The third-order valence-corrected chi connectivity index (χ3v) is 3.56. The Balaban J connectivity index is 2.14. The number of alkyl halides is 1. The van der Waals surface area contributed by atoms with Crippen LogP contribution in [-0.4, -0.2) is 4.98 Å². The second-order valence-corrected chi connectivity index (χ2v) is 5.18. The van der Waals surface area contributed by atoms with E-state index >= 15 is 0 Å². The van der Waals surface area contributed by atoms with Gasteiger partial charge in [0.2, 0.25) is 0 Å². The lowest BCUT2D eigenvalue weighted by molar-refractivity contribution is 0.627.